The highest BCUT2D eigenvalue weighted by Crippen LogP contribution is 2.25. The number of carbonyl (C=O) groups excluding carboxylic acids is 1. The Labute approximate surface area is 93.2 Å². The number of carbonyl (C=O) groups is 1. The molecule has 0 fully saturated rings. The van der Waals surface area contributed by atoms with Gasteiger partial charge in [0.15, 0.2) is 0 Å². The molecular weight excluding hydrogens is 216 g/mol. The van der Waals surface area contributed by atoms with Crippen LogP contribution in [0.5, 0.6) is 5.75 Å². The normalized spacial score (nSPS) is 10.1. The average molecular weight is 229 g/mol. The summed E-state index contributed by atoms with van der Waals surface area (Å²) in [5.74, 6) is -0.0565. The monoisotopic (exact) mass is 228 g/mol. The molecule has 1 aromatic carbocycles. The Balaban J connectivity index is 2.65. The lowest BCUT2D eigenvalue weighted by atomic mass is 10.3. The highest BCUT2D eigenvalue weighted by molar-refractivity contribution is 6.32. The van der Waals surface area contributed by atoms with Gasteiger partial charge in [0.05, 0.1) is 5.02 Å². The molecule has 0 unspecified atom stereocenters. The lowest BCUT2D eigenvalue weighted by Gasteiger charge is -2.10. The van der Waals surface area contributed by atoms with Crippen LogP contribution in [0.2, 0.25) is 5.02 Å². The predicted molar refractivity (Wildman–Crippen MR) is 60.4 cm³/mol. The first-order valence-corrected chi connectivity index (χ1v) is 4.93. The average Bonchev–Trinajstić information content (AvgIpc) is 2.10. The molecule has 0 atom stereocenters. The maximum Gasteiger partial charge on any atom is 0.319 e. The standard InChI is InChI=1S/C10H13ClN2O2/c1-6(2)12-10(15)13-7-3-4-8(11)9(14)5-7/h3-6,14H,1-2H3,(H2,12,13,15). The molecule has 82 valence electrons. The van der Waals surface area contributed by atoms with E-state index >= 15 is 0 Å². The minimum atomic E-state index is -0.313. The van der Waals surface area contributed by atoms with Crippen molar-refractivity contribution in [1.29, 1.82) is 0 Å². The Bertz CT molecular complexity index is 366. The van der Waals surface area contributed by atoms with Crippen LogP contribution in [-0.2, 0) is 0 Å². The Morgan fingerprint density at radius 2 is 2.13 bits per heavy atom. The van der Waals surface area contributed by atoms with E-state index in [-0.39, 0.29) is 22.8 Å². The van der Waals surface area contributed by atoms with Crippen LogP contribution in [0.15, 0.2) is 18.2 Å². The van der Waals surface area contributed by atoms with E-state index in [1.807, 2.05) is 13.8 Å². The zero-order valence-corrected chi connectivity index (χ0v) is 9.30. The van der Waals surface area contributed by atoms with Crippen molar-refractivity contribution in [1.82, 2.24) is 5.32 Å². The number of hydrogen-bond acceptors (Lipinski definition) is 2. The first-order valence-electron chi connectivity index (χ1n) is 4.55. The van der Waals surface area contributed by atoms with Gasteiger partial charge in [-0.15, -0.1) is 0 Å². The van der Waals surface area contributed by atoms with Crippen LogP contribution in [-0.4, -0.2) is 17.2 Å². The quantitative estimate of drug-likeness (QED) is 0.729. The lowest BCUT2D eigenvalue weighted by Crippen LogP contribution is -2.34. The van der Waals surface area contributed by atoms with Gasteiger partial charge in [-0.25, -0.2) is 4.79 Å². The topological polar surface area (TPSA) is 61.4 Å². The third kappa shape index (κ3) is 3.67. The van der Waals surface area contributed by atoms with Crippen molar-refractivity contribution in [2.75, 3.05) is 5.32 Å². The molecule has 0 aliphatic rings. The van der Waals surface area contributed by atoms with Crippen LogP contribution in [0.3, 0.4) is 0 Å². The van der Waals surface area contributed by atoms with E-state index in [0.29, 0.717) is 5.69 Å². The van der Waals surface area contributed by atoms with Crippen LogP contribution in [0.25, 0.3) is 0 Å². The Hall–Kier alpha value is -1.42. The fourth-order valence-electron chi connectivity index (χ4n) is 1.02. The largest absolute Gasteiger partial charge is 0.506 e. The number of hydrogen-bond donors (Lipinski definition) is 3. The van der Waals surface area contributed by atoms with Gasteiger partial charge in [-0.1, -0.05) is 11.6 Å². The molecule has 2 amide bonds. The first kappa shape index (κ1) is 11.7. The molecule has 1 aromatic rings. The molecule has 4 nitrogen and oxygen atoms in total. The van der Waals surface area contributed by atoms with Crippen LogP contribution in [0, 0.1) is 0 Å². The van der Waals surface area contributed by atoms with Crippen LogP contribution >= 0.6 is 11.6 Å². The van der Waals surface area contributed by atoms with Gasteiger partial charge < -0.3 is 15.7 Å². The molecule has 0 bridgehead atoms. The van der Waals surface area contributed by atoms with E-state index in [4.69, 9.17) is 11.6 Å². The molecule has 0 saturated carbocycles. The van der Waals surface area contributed by atoms with Crippen LogP contribution in [0.4, 0.5) is 10.5 Å². The molecule has 0 heterocycles. The van der Waals surface area contributed by atoms with Crippen molar-refractivity contribution in [3.05, 3.63) is 23.2 Å². The maximum absolute atomic E-state index is 11.3. The van der Waals surface area contributed by atoms with Crippen molar-refractivity contribution < 1.29 is 9.90 Å². The number of amides is 2. The Kier molecular flexibility index (Phi) is 3.80. The van der Waals surface area contributed by atoms with Gasteiger partial charge in [-0.05, 0) is 26.0 Å². The van der Waals surface area contributed by atoms with Gasteiger partial charge in [0.1, 0.15) is 5.75 Å². The SMILES string of the molecule is CC(C)NC(=O)Nc1ccc(Cl)c(O)c1. The Morgan fingerprint density at radius 1 is 1.47 bits per heavy atom. The molecule has 15 heavy (non-hydrogen) atoms. The number of benzene rings is 1. The van der Waals surface area contributed by atoms with Gasteiger partial charge in [0.25, 0.3) is 0 Å². The summed E-state index contributed by atoms with van der Waals surface area (Å²) < 4.78 is 0. The van der Waals surface area contributed by atoms with Gasteiger partial charge >= 0.3 is 6.03 Å². The van der Waals surface area contributed by atoms with E-state index in [2.05, 4.69) is 10.6 Å². The summed E-state index contributed by atoms with van der Waals surface area (Å²) in [6.45, 7) is 3.72. The van der Waals surface area contributed by atoms with Crippen molar-refractivity contribution in [3.8, 4) is 5.75 Å². The minimum Gasteiger partial charge on any atom is -0.506 e. The summed E-state index contributed by atoms with van der Waals surface area (Å²) in [7, 11) is 0. The fraction of sp³-hybridized carbons (Fsp3) is 0.300. The predicted octanol–water partition coefficient (Wildman–Crippen LogP) is 2.58. The second-order valence-corrected chi connectivity index (χ2v) is 3.83. The summed E-state index contributed by atoms with van der Waals surface area (Å²) in [5, 5.41) is 14.8. The van der Waals surface area contributed by atoms with Crippen molar-refractivity contribution in [2.24, 2.45) is 0 Å². The number of anilines is 1. The van der Waals surface area contributed by atoms with Gasteiger partial charge in [0, 0.05) is 17.8 Å². The molecule has 5 heteroatoms. The van der Waals surface area contributed by atoms with E-state index in [1.54, 1.807) is 6.07 Å². The number of aromatic hydroxyl groups is 1. The summed E-state index contributed by atoms with van der Waals surface area (Å²) in [6, 6.07) is 4.27. The molecule has 3 N–H and O–H groups in total. The molecule has 1 rings (SSSR count). The highest BCUT2D eigenvalue weighted by atomic mass is 35.5. The van der Waals surface area contributed by atoms with Gasteiger partial charge in [0.2, 0.25) is 0 Å². The third-order valence-corrected chi connectivity index (χ3v) is 1.94. The second kappa shape index (κ2) is 4.89. The van der Waals surface area contributed by atoms with Crippen molar-refractivity contribution >= 4 is 23.3 Å². The van der Waals surface area contributed by atoms with E-state index < -0.39 is 0 Å². The molecular formula is C10H13ClN2O2. The van der Waals surface area contributed by atoms with E-state index in [1.165, 1.54) is 12.1 Å². The summed E-state index contributed by atoms with van der Waals surface area (Å²) >= 11 is 5.62. The van der Waals surface area contributed by atoms with Gasteiger partial charge in [-0.2, -0.15) is 0 Å². The fourth-order valence-corrected chi connectivity index (χ4v) is 1.14. The molecule has 0 radical (unpaired) electrons. The summed E-state index contributed by atoms with van der Waals surface area (Å²) in [6.07, 6.45) is 0. The number of urea groups is 1. The van der Waals surface area contributed by atoms with E-state index in [9.17, 15) is 9.90 Å². The number of phenolic OH excluding ortho intramolecular Hbond substituents is 1. The highest BCUT2D eigenvalue weighted by Gasteiger charge is 2.05. The number of rotatable bonds is 2. The molecule has 0 aliphatic heterocycles. The zero-order valence-electron chi connectivity index (χ0n) is 8.54. The molecule has 0 aliphatic carbocycles. The number of halogens is 1. The molecule has 0 saturated heterocycles. The molecule has 0 aromatic heterocycles. The Morgan fingerprint density at radius 3 is 2.67 bits per heavy atom. The lowest BCUT2D eigenvalue weighted by molar-refractivity contribution is 0.250. The van der Waals surface area contributed by atoms with Crippen LogP contribution < -0.4 is 10.6 Å². The van der Waals surface area contributed by atoms with Gasteiger partial charge in [-0.3, -0.25) is 0 Å². The second-order valence-electron chi connectivity index (χ2n) is 3.42. The van der Waals surface area contributed by atoms with Crippen molar-refractivity contribution in [3.63, 3.8) is 0 Å². The minimum absolute atomic E-state index is 0.0565. The summed E-state index contributed by atoms with van der Waals surface area (Å²) in [4.78, 5) is 11.3. The number of phenols is 1. The maximum atomic E-state index is 11.3. The number of nitrogens with one attached hydrogen (secondary N) is 2. The third-order valence-electron chi connectivity index (χ3n) is 1.62. The molecule has 0 spiro atoms. The first-order chi connectivity index (χ1) is 6.99. The van der Waals surface area contributed by atoms with Crippen LogP contribution in [0.1, 0.15) is 13.8 Å². The van der Waals surface area contributed by atoms with Crippen molar-refractivity contribution in [2.45, 2.75) is 19.9 Å². The van der Waals surface area contributed by atoms with E-state index in [0.717, 1.165) is 0 Å². The summed E-state index contributed by atoms with van der Waals surface area (Å²) in [5.41, 5.74) is 0.495. The zero-order chi connectivity index (χ0) is 11.4. The smallest absolute Gasteiger partial charge is 0.319 e.